The van der Waals surface area contributed by atoms with Gasteiger partial charge in [0.15, 0.2) is 0 Å². The van der Waals surface area contributed by atoms with Crippen LogP contribution in [0.4, 0.5) is 0 Å². The molecule has 1 rings (SSSR count). The zero-order valence-electron chi connectivity index (χ0n) is 9.66. The second-order valence-corrected chi connectivity index (χ2v) is 3.49. The van der Waals surface area contributed by atoms with Crippen LogP contribution in [-0.4, -0.2) is 29.7 Å². The molecule has 0 saturated carbocycles. The Hall–Kier alpha value is -1.00. The molecule has 0 bridgehead atoms. The third kappa shape index (κ3) is 4.36. The Kier molecular flexibility index (Phi) is 5.21. The smallest absolute Gasteiger partial charge is 0.131 e. The predicted molar refractivity (Wildman–Crippen MR) is 59.6 cm³/mol. The second-order valence-electron chi connectivity index (χ2n) is 3.49. The van der Waals surface area contributed by atoms with Crippen molar-refractivity contribution in [1.82, 2.24) is 15.3 Å². The van der Waals surface area contributed by atoms with Crippen LogP contribution >= 0.6 is 0 Å². The minimum absolute atomic E-state index is 0.166. The molecule has 0 radical (unpaired) electrons. The molecule has 1 unspecified atom stereocenters. The van der Waals surface area contributed by atoms with Crippen molar-refractivity contribution < 1.29 is 4.74 Å². The first-order valence-corrected chi connectivity index (χ1v) is 5.30. The van der Waals surface area contributed by atoms with Gasteiger partial charge in [0.1, 0.15) is 5.82 Å². The highest BCUT2D eigenvalue weighted by molar-refractivity contribution is 5.02. The average molecular weight is 209 g/mol. The molecule has 0 saturated heterocycles. The fourth-order valence-corrected chi connectivity index (χ4v) is 1.23. The van der Waals surface area contributed by atoms with Crippen LogP contribution in [-0.2, 0) is 17.7 Å². The van der Waals surface area contributed by atoms with Crippen LogP contribution in [0.3, 0.4) is 0 Å². The molecule has 1 aromatic heterocycles. The predicted octanol–water partition coefficient (Wildman–Crippen LogP) is 1.16. The number of methoxy groups -OCH3 is 1. The first-order chi connectivity index (χ1) is 7.26. The zero-order valence-corrected chi connectivity index (χ0v) is 9.66. The third-order valence-corrected chi connectivity index (χ3v) is 2.19. The van der Waals surface area contributed by atoms with Gasteiger partial charge in [0.2, 0.25) is 0 Å². The SMILES string of the molecule is CCNCc1ccnc(CC(C)OC)n1. The third-order valence-electron chi connectivity index (χ3n) is 2.19. The van der Waals surface area contributed by atoms with E-state index in [0.29, 0.717) is 0 Å². The summed E-state index contributed by atoms with van der Waals surface area (Å²) in [5.74, 6) is 0.847. The lowest BCUT2D eigenvalue weighted by atomic mass is 10.2. The standard InChI is InChI=1S/C11H19N3O/c1-4-12-8-10-5-6-13-11(14-10)7-9(2)15-3/h5-6,9,12H,4,7-8H2,1-3H3. The molecule has 1 N–H and O–H groups in total. The maximum Gasteiger partial charge on any atom is 0.131 e. The van der Waals surface area contributed by atoms with Crippen molar-refractivity contribution >= 4 is 0 Å². The van der Waals surface area contributed by atoms with E-state index in [2.05, 4.69) is 22.2 Å². The fraction of sp³-hybridized carbons (Fsp3) is 0.636. The first-order valence-electron chi connectivity index (χ1n) is 5.30. The molecular weight excluding hydrogens is 190 g/mol. The van der Waals surface area contributed by atoms with E-state index >= 15 is 0 Å². The van der Waals surface area contributed by atoms with Gasteiger partial charge in [-0.2, -0.15) is 0 Å². The Morgan fingerprint density at radius 1 is 1.53 bits per heavy atom. The van der Waals surface area contributed by atoms with Gasteiger partial charge in [-0.15, -0.1) is 0 Å². The van der Waals surface area contributed by atoms with Crippen LogP contribution in [0.5, 0.6) is 0 Å². The lowest BCUT2D eigenvalue weighted by Gasteiger charge is -2.08. The monoisotopic (exact) mass is 209 g/mol. The number of nitrogens with zero attached hydrogens (tertiary/aromatic N) is 2. The van der Waals surface area contributed by atoms with Crippen molar-refractivity contribution in [2.75, 3.05) is 13.7 Å². The molecule has 0 aromatic carbocycles. The summed E-state index contributed by atoms with van der Waals surface area (Å²) in [6, 6.07) is 1.93. The minimum atomic E-state index is 0.166. The zero-order chi connectivity index (χ0) is 11.1. The summed E-state index contributed by atoms with van der Waals surface area (Å²) in [7, 11) is 1.70. The maximum absolute atomic E-state index is 5.18. The van der Waals surface area contributed by atoms with Gasteiger partial charge in [0.05, 0.1) is 11.8 Å². The number of ether oxygens (including phenoxy) is 1. The van der Waals surface area contributed by atoms with Crippen molar-refractivity contribution in [1.29, 1.82) is 0 Å². The average Bonchev–Trinajstić information content (AvgIpc) is 2.26. The molecule has 4 nitrogen and oxygen atoms in total. The quantitative estimate of drug-likeness (QED) is 0.764. The van der Waals surface area contributed by atoms with Gasteiger partial charge in [0.25, 0.3) is 0 Å². The summed E-state index contributed by atoms with van der Waals surface area (Å²) in [5.41, 5.74) is 1.03. The molecule has 84 valence electrons. The highest BCUT2D eigenvalue weighted by Crippen LogP contribution is 2.01. The molecule has 1 atom stereocenters. The lowest BCUT2D eigenvalue weighted by molar-refractivity contribution is 0.117. The number of aromatic nitrogens is 2. The molecule has 0 amide bonds. The van der Waals surface area contributed by atoms with Crippen molar-refractivity contribution in [2.24, 2.45) is 0 Å². The molecular formula is C11H19N3O. The van der Waals surface area contributed by atoms with Crippen LogP contribution < -0.4 is 5.32 Å². The van der Waals surface area contributed by atoms with Gasteiger partial charge < -0.3 is 10.1 Å². The Labute approximate surface area is 91.1 Å². The minimum Gasteiger partial charge on any atom is -0.381 e. The van der Waals surface area contributed by atoms with Crippen molar-refractivity contribution in [2.45, 2.75) is 32.9 Å². The number of hydrogen-bond acceptors (Lipinski definition) is 4. The molecule has 0 aliphatic rings. The Morgan fingerprint density at radius 3 is 3.00 bits per heavy atom. The van der Waals surface area contributed by atoms with Crippen molar-refractivity contribution in [3.05, 3.63) is 23.8 Å². The van der Waals surface area contributed by atoms with Gasteiger partial charge in [-0.3, -0.25) is 0 Å². The van der Waals surface area contributed by atoms with E-state index in [1.54, 1.807) is 13.3 Å². The molecule has 0 spiro atoms. The van der Waals surface area contributed by atoms with Gasteiger partial charge in [0, 0.05) is 26.3 Å². The van der Waals surface area contributed by atoms with E-state index in [9.17, 15) is 0 Å². The van der Waals surface area contributed by atoms with Crippen LogP contribution in [0.1, 0.15) is 25.4 Å². The summed E-state index contributed by atoms with van der Waals surface area (Å²) in [6.07, 6.45) is 2.73. The van der Waals surface area contributed by atoms with E-state index in [0.717, 1.165) is 31.0 Å². The van der Waals surface area contributed by atoms with Crippen molar-refractivity contribution in [3.8, 4) is 0 Å². The lowest BCUT2D eigenvalue weighted by Crippen LogP contribution is -2.16. The van der Waals surface area contributed by atoms with E-state index in [1.807, 2.05) is 13.0 Å². The van der Waals surface area contributed by atoms with Gasteiger partial charge in [-0.25, -0.2) is 9.97 Å². The molecule has 1 heterocycles. The first kappa shape index (κ1) is 12.1. The summed E-state index contributed by atoms with van der Waals surface area (Å²) >= 11 is 0. The van der Waals surface area contributed by atoms with E-state index in [-0.39, 0.29) is 6.10 Å². The Balaban J connectivity index is 2.57. The molecule has 0 fully saturated rings. The van der Waals surface area contributed by atoms with Crippen LogP contribution in [0.15, 0.2) is 12.3 Å². The Morgan fingerprint density at radius 2 is 2.33 bits per heavy atom. The van der Waals surface area contributed by atoms with E-state index in [4.69, 9.17) is 4.74 Å². The summed E-state index contributed by atoms with van der Waals surface area (Å²) in [6.45, 7) is 5.84. The van der Waals surface area contributed by atoms with E-state index in [1.165, 1.54) is 0 Å². The Bertz CT molecular complexity index is 291. The fourth-order valence-electron chi connectivity index (χ4n) is 1.23. The highest BCUT2D eigenvalue weighted by atomic mass is 16.5. The van der Waals surface area contributed by atoms with Crippen LogP contribution in [0.25, 0.3) is 0 Å². The molecule has 1 aromatic rings. The summed E-state index contributed by atoms with van der Waals surface area (Å²) in [4.78, 5) is 8.66. The largest absolute Gasteiger partial charge is 0.381 e. The summed E-state index contributed by atoms with van der Waals surface area (Å²) < 4.78 is 5.18. The number of hydrogen-bond donors (Lipinski definition) is 1. The topological polar surface area (TPSA) is 47.0 Å². The van der Waals surface area contributed by atoms with Gasteiger partial charge in [-0.05, 0) is 19.5 Å². The number of rotatable bonds is 6. The highest BCUT2D eigenvalue weighted by Gasteiger charge is 2.04. The maximum atomic E-state index is 5.18. The van der Waals surface area contributed by atoms with Crippen LogP contribution in [0, 0.1) is 0 Å². The van der Waals surface area contributed by atoms with Crippen molar-refractivity contribution in [3.63, 3.8) is 0 Å². The molecule has 0 aliphatic heterocycles. The second kappa shape index (κ2) is 6.48. The molecule has 15 heavy (non-hydrogen) atoms. The van der Waals surface area contributed by atoms with Gasteiger partial charge >= 0.3 is 0 Å². The van der Waals surface area contributed by atoms with Crippen LogP contribution in [0.2, 0.25) is 0 Å². The normalized spacial score (nSPS) is 12.7. The molecule has 0 aliphatic carbocycles. The molecule has 4 heteroatoms. The van der Waals surface area contributed by atoms with E-state index < -0.39 is 0 Å². The number of nitrogens with one attached hydrogen (secondary N) is 1. The summed E-state index contributed by atoms with van der Waals surface area (Å²) in [5, 5.41) is 3.24. The van der Waals surface area contributed by atoms with Gasteiger partial charge in [-0.1, -0.05) is 6.92 Å².